The molecule has 15 heavy (non-hydrogen) atoms. The number of β-amino-alcohol motifs (C(OH)–C–C–N with tert-alkyl or cyclic N) is 1. The molecular weight excluding hydrogens is 196 g/mol. The lowest BCUT2D eigenvalue weighted by Crippen LogP contribution is -2.43. The molecule has 0 saturated carbocycles. The molecule has 1 aromatic rings. The van der Waals surface area contributed by atoms with Crippen LogP contribution in [0.25, 0.3) is 0 Å². The summed E-state index contributed by atoms with van der Waals surface area (Å²) in [5, 5.41) is 17.4. The SMILES string of the molecule is CC1CCN(c2nnc(CN)o2)CC1O. The summed E-state index contributed by atoms with van der Waals surface area (Å²) < 4.78 is 5.32. The van der Waals surface area contributed by atoms with E-state index in [2.05, 4.69) is 10.2 Å². The van der Waals surface area contributed by atoms with Crippen LogP contribution in [-0.4, -0.2) is 34.5 Å². The zero-order valence-electron chi connectivity index (χ0n) is 8.76. The zero-order valence-corrected chi connectivity index (χ0v) is 8.76. The highest BCUT2D eigenvalue weighted by molar-refractivity contribution is 5.25. The second-order valence-corrected chi connectivity index (χ2v) is 3.96. The van der Waals surface area contributed by atoms with E-state index in [1.165, 1.54) is 0 Å². The van der Waals surface area contributed by atoms with E-state index in [4.69, 9.17) is 10.2 Å². The van der Waals surface area contributed by atoms with Gasteiger partial charge in [-0.3, -0.25) is 0 Å². The summed E-state index contributed by atoms with van der Waals surface area (Å²) >= 11 is 0. The van der Waals surface area contributed by atoms with Gasteiger partial charge in [0.05, 0.1) is 12.6 Å². The first-order valence-electron chi connectivity index (χ1n) is 5.16. The van der Waals surface area contributed by atoms with Gasteiger partial charge in [-0.05, 0) is 12.3 Å². The van der Waals surface area contributed by atoms with Gasteiger partial charge in [-0.1, -0.05) is 12.0 Å². The van der Waals surface area contributed by atoms with Crippen molar-refractivity contribution in [2.45, 2.75) is 26.0 Å². The van der Waals surface area contributed by atoms with Crippen molar-refractivity contribution in [3.63, 3.8) is 0 Å². The third-order valence-electron chi connectivity index (χ3n) is 2.82. The molecule has 2 atom stereocenters. The van der Waals surface area contributed by atoms with E-state index < -0.39 is 0 Å². The van der Waals surface area contributed by atoms with E-state index in [1.54, 1.807) is 0 Å². The highest BCUT2D eigenvalue weighted by Gasteiger charge is 2.27. The summed E-state index contributed by atoms with van der Waals surface area (Å²) in [5.41, 5.74) is 5.38. The third-order valence-corrected chi connectivity index (χ3v) is 2.82. The monoisotopic (exact) mass is 212 g/mol. The number of aliphatic hydroxyl groups excluding tert-OH is 1. The van der Waals surface area contributed by atoms with Gasteiger partial charge in [0.1, 0.15) is 0 Å². The van der Waals surface area contributed by atoms with Gasteiger partial charge in [-0.2, -0.15) is 0 Å². The van der Waals surface area contributed by atoms with Crippen molar-refractivity contribution in [2.75, 3.05) is 18.0 Å². The number of aliphatic hydroxyl groups is 1. The molecule has 1 aliphatic rings. The second kappa shape index (κ2) is 4.16. The van der Waals surface area contributed by atoms with Crippen molar-refractivity contribution in [3.8, 4) is 0 Å². The Morgan fingerprint density at radius 2 is 2.40 bits per heavy atom. The Morgan fingerprint density at radius 1 is 1.60 bits per heavy atom. The van der Waals surface area contributed by atoms with Crippen LogP contribution in [0.15, 0.2) is 4.42 Å². The predicted octanol–water partition coefficient (Wildman–Crippen LogP) is -0.265. The van der Waals surface area contributed by atoms with Gasteiger partial charge in [0, 0.05) is 13.1 Å². The Kier molecular flexibility index (Phi) is 2.88. The Balaban J connectivity index is 2.05. The Labute approximate surface area is 88.1 Å². The van der Waals surface area contributed by atoms with Crippen LogP contribution in [0, 0.1) is 5.92 Å². The van der Waals surface area contributed by atoms with Crippen LogP contribution in [0.1, 0.15) is 19.2 Å². The largest absolute Gasteiger partial charge is 0.407 e. The maximum atomic E-state index is 9.72. The van der Waals surface area contributed by atoms with Gasteiger partial charge in [0.25, 0.3) is 0 Å². The number of anilines is 1. The molecule has 2 unspecified atom stereocenters. The molecule has 84 valence electrons. The van der Waals surface area contributed by atoms with Crippen molar-refractivity contribution in [2.24, 2.45) is 11.7 Å². The van der Waals surface area contributed by atoms with Gasteiger partial charge in [0.2, 0.25) is 5.89 Å². The van der Waals surface area contributed by atoms with E-state index in [0.29, 0.717) is 24.4 Å². The number of rotatable bonds is 2. The summed E-state index contributed by atoms with van der Waals surface area (Å²) in [5.74, 6) is 0.760. The minimum absolute atomic E-state index is 0.250. The molecule has 0 spiro atoms. The van der Waals surface area contributed by atoms with Crippen LogP contribution < -0.4 is 10.6 Å². The molecule has 1 saturated heterocycles. The number of nitrogens with two attached hydrogens (primary N) is 1. The van der Waals surface area contributed by atoms with E-state index in [1.807, 2.05) is 11.8 Å². The molecule has 0 radical (unpaired) electrons. The summed E-state index contributed by atoms with van der Waals surface area (Å²) in [6, 6.07) is 0.460. The fourth-order valence-electron chi connectivity index (χ4n) is 1.68. The summed E-state index contributed by atoms with van der Waals surface area (Å²) in [4.78, 5) is 1.90. The van der Waals surface area contributed by atoms with Crippen molar-refractivity contribution in [3.05, 3.63) is 5.89 Å². The average Bonchev–Trinajstić information content (AvgIpc) is 2.70. The molecule has 1 fully saturated rings. The Bertz CT molecular complexity index is 328. The van der Waals surface area contributed by atoms with Crippen molar-refractivity contribution >= 4 is 6.01 Å². The van der Waals surface area contributed by atoms with E-state index in [9.17, 15) is 5.11 Å². The lowest BCUT2D eigenvalue weighted by atomic mass is 9.96. The number of aromatic nitrogens is 2. The van der Waals surface area contributed by atoms with Crippen LogP contribution in [-0.2, 0) is 6.54 Å². The molecule has 2 heterocycles. The van der Waals surface area contributed by atoms with Gasteiger partial charge in [0.15, 0.2) is 0 Å². The predicted molar refractivity (Wildman–Crippen MR) is 54.2 cm³/mol. The molecule has 0 aromatic carbocycles. The molecule has 1 aromatic heterocycles. The molecule has 6 nitrogen and oxygen atoms in total. The minimum Gasteiger partial charge on any atom is -0.407 e. The quantitative estimate of drug-likeness (QED) is 0.702. The lowest BCUT2D eigenvalue weighted by molar-refractivity contribution is 0.101. The van der Waals surface area contributed by atoms with E-state index in [0.717, 1.165) is 13.0 Å². The van der Waals surface area contributed by atoms with Crippen LogP contribution in [0.3, 0.4) is 0 Å². The van der Waals surface area contributed by atoms with Crippen LogP contribution >= 0.6 is 0 Å². The fourth-order valence-corrected chi connectivity index (χ4v) is 1.68. The lowest BCUT2D eigenvalue weighted by Gasteiger charge is -2.32. The molecular formula is C9H16N4O2. The first-order valence-corrected chi connectivity index (χ1v) is 5.16. The van der Waals surface area contributed by atoms with Crippen LogP contribution in [0.2, 0.25) is 0 Å². The average molecular weight is 212 g/mol. The highest BCUT2D eigenvalue weighted by atomic mass is 16.4. The number of piperidine rings is 1. The normalized spacial score (nSPS) is 27.0. The minimum atomic E-state index is -0.327. The van der Waals surface area contributed by atoms with Crippen molar-refractivity contribution in [1.29, 1.82) is 0 Å². The molecule has 0 bridgehead atoms. The molecule has 6 heteroatoms. The molecule has 1 aliphatic heterocycles. The standard InChI is InChI=1S/C9H16N4O2/c1-6-2-3-13(5-7(6)14)9-12-11-8(4-10)15-9/h6-7,14H,2-5,10H2,1H3. The number of nitrogens with zero attached hydrogens (tertiary/aromatic N) is 3. The smallest absolute Gasteiger partial charge is 0.318 e. The van der Waals surface area contributed by atoms with Crippen LogP contribution in [0.5, 0.6) is 0 Å². The van der Waals surface area contributed by atoms with Crippen LogP contribution in [0.4, 0.5) is 6.01 Å². The van der Waals surface area contributed by atoms with Gasteiger partial charge < -0.3 is 20.2 Å². The molecule has 2 rings (SSSR count). The third kappa shape index (κ3) is 2.10. The number of hydrogen-bond donors (Lipinski definition) is 2. The fraction of sp³-hybridized carbons (Fsp3) is 0.778. The van der Waals surface area contributed by atoms with Gasteiger partial charge >= 0.3 is 6.01 Å². The maximum Gasteiger partial charge on any atom is 0.318 e. The topological polar surface area (TPSA) is 88.4 Å². The first kappa shape index (κ1) is 10.4. The van der Waals surface area contributed by atoms with Crippen molar-refractivity contribution in [1.82, 2.24) is 10.2 Å². The summed E-state index contributed by atoms with van der Waals surface area (Å²) in [7, 11) is 0. The van der Waals surface area contributed by atoms with E-state index in [-0.39, 0.29) is 12.6 Å². The molecule has 3 N–H and O–H groups in total. The molecule has 0 amide bonds. The van der Waals surface area contributed by atoms with E-state index >= 15 is 0 Å². The Hall–Kier alpha value is -1.14. The Morgan fingerprint density at radius 3 is 3.00 bits per heavy atom. The molecule has 0 aliphatic carbocycles. The van der Waals surface area contributed by atoms with Gasteiger partial charge in [-0.15, -0.1) is 5.10 Å². The summed E-state index contributed by atoms with van der Waals surface area (Å²) in [6.45, 7) is 3.68. The maximum absolute atomic E-state index is 9.72. The summed E-state index contributed by atoms with van der Waals surface area (Å²) in [6.07, 6.45) is 0.605. The second-order valence-electron chi connectivity index (χ2n) is 3.96. The number of hydrogen-bond acceptors (Lipinski definition) is 6. The zero-order chi connectivity index (χ0) is 10.8. The highest BCUT2D eigenvalue weighted by Crippen LogP contribution is 2.21. The van der Waals surface area contributed by atoms with Crippen molar-refractivity contribution < 1.29 is 9.52 Å². The first-order chi connectivity index (χ1) is 7.20. The van der Waals surface area contributed by atoms with Gasteiger partial charge in [-0.25, -0.2) is 0 Å².